The number of anilines is 1. The van der Waals surface area contributed by atoms with E-state index in [0.717, 1.165) is 19.5 Å². The molecule has 2 heteroatoms. The van der Waals surface area contributed by atoms with Crippen LogP contribution in [0.3, 0.4) is 0 Å². The number of aromatic nitrogens is 1. The second-order valence-corrected chi connectivity index (χ2v) is 4.12. The van der Waals surface area contributed by atoms with Crippen LogP contribution >= 0.6 is 0 Å². The number of rotatable bonds is 5. The number of hydrogen-bond acceptors (Lipinski definition) is 2. The molecule has 88 valence electrons. The maximum Gasteiger partial charge on any atom is 0.0444 e. The van der Waals surface area contributed by atoms with Gasteiger partial charge in [-0.1, -0.05) is 31.2 Å². The van der Waals surface area contributed by atoms with Crippen LogP contribution in [0.2, 0.25) is 0 Å². The normalized spacial score (nSPS) is 10.2. The van der Waals surface area contributed by atoms with Gasteiger partial charge in [-0.05, 0) is 30.2 Å². The molecule has 1 aromatic carbocycles. The first kappa shape index (κ1) is 11.6. The molecule has 0 fully saturated rings. The molecule has 0 spiro atoms. The van der Waals surface area contributed by atoms with Crippen molar-refractivity contribution in [1.82, 2.24) is 4.98 Å². The molecule has 0 amide bonds. The minimum Gasteiger partial charge on any atom is -0.367 e. The van der Waals surface area contributed by atoms with Crippen molar-refractivity contribution in [3.63, 3.8) is 0 Å². The van der Waals surface area contributed by atoms with E-state index >= 15 is 0 Å². The van der Waals surface area contributed by atoms with Gasteiger partial charge in [-0.25, -0.2) is 0 Å². The highest BCUT2D eigenvalue weighted by Crippen LogP contribution is 2.16. The second-order valence-electron chi connectivity index (χ2n) is 4.12. The van der Waals surface area contributed by atoms with Crippen molar-refractivity contribution in [2.45, 2.75) is 19.9 Å². The van der Waals surface area contributed by atoms with E-state index in [2.05, 4.69) is 53.2 Å². The molecule has 2 nitrogen and oxygen atoms in total. The molecule has 1 heterocycles. The fraction of sp³-hybridized carbons (Fsp3) is 0.267. The Balaban J connectivity index is 2.13. The topological polar surface area (TPSA) is 16.1 Å². The second kappa shape index (κ2) is 6.04. The predicted octanol–water partition coefficient (Wildman–Crippen LogP) is 3.50. The number of benzene rings is 1. The molecule has 0 radical (unpaired) electrons. The number of para-hydroxylation sites is 1. The molecule has 0 aliphatic rings. The molecular weight excluding hydrogens is 208 g/mol. The highest BCUT2D eigenvalue weighted by atomic mass is 15.1. The van der Waals surface area contributed by atoms with E-state index in [9.17, 15) is 0 Å². The molecule has 0 unspecified atom stereocenters. The summed E-state index contributed by atoms with van der Waals surface area (Å²) in [6.07, 6.45) is 4.90. The number of nitrogens with zero attached hydrogens (tertiary/aromatic N) is 2. The Morgan fingerprint density at radius 3 is 2.53 bits per heavy atom. The van der Waals surface area contributed by atoms with Crippen LogP contribution in [0.15, 0.2) is 54.9 Å². The van der Waals surface area contributed by atoms with Gasteiger partial charge in [-0.2, -0.15) is 0 Å². The summed E-state index contributed by atoms with van der Waals surface area (Å²) in [4.78, 5) is 6.55. The van der Waals surface area contributed by atoms with Gasteiger partial charge < -0.3 is 4.90 Å². The summed E-state index contributed by atoms with van der Waals surface area (Å²) in [6.45, 7) is 4.20. The van der Waals surface area contributed by atoms with Crippen molar-refractivity contribution in [3.05, 3.63) is 60.4 Å². The van der Waals surface area contributed by atoms with E-state index < -0.39 is 0 Å². The molecule has 2 aromatic rings. The van der Waals surface area contributed by atoms with E-state index in [4.69, 9.17) is 0 Å². The monoisotopic (exact) mass is 226 g/mol. The third kappa shape index (κ3) is 3.31. The Morgan fingerprint density at radius 1 is 1.06 bits per heavy atom. The van der Waals surface area contributed by atoms with Gasteiger partial charge in [-0.3, -0.25) is 4.98 Å². The maximum absolute atomic E-state index is 4.16. The lowest BCUT2D eigenvalue weighted by molar-refractivity contribution is 0.765. The Labute approximate surface area is 103 Å². The molecule has 17 heavy (non-hydrogen) atoms. The molecule has 0 saturated carbocycles. The molecule has 0 atom stereocenters. The SMILES string of the molecule is CCCN(Cc1cccnc1)c1ccccc1. The summed E-state index contributed by atoms with van der Waals surface area (Å²) < 4.78 is 0. The molecule has 0 aliphatic heterocycles. The summed E-state index contributed by atoms with van der Waals surface area (Å²) in [5, 5.41) is 0. The van der Waals surface area contributed by atoms with E-state index in [1.54, 1.807) is 0 Å². The minimum atomic E-state index is 0.922. The summed E-state index contributed by atoms with van der Waals surface area (Å²) in [6, 6.07) is 14.7. The highest BCUT2D eigenvalue weighted by Gasteiger charge is 2.05. The number of hydrogen-bond donors (Lipinski definition) is 0. The van der Waals surface area contributed by atoms with Gasteiger partial charge >= 0.3 is 0 Å². The minimum absolute atomic E-state index is 0.922. The molecular formula is C15H18N2. The van der Waals surface area contributed by atoms with Crippen LogP contribution in [0.5, 0.6) is 0 Å². The van der Waals surface area contributed by atoms with Crippen LogP contribution < -0.4 is 4.90 Å². The zero-order valence-electron chi connectivity index (χ0n) is 10.2. The van der Waals surface area contributed by atoms with Crippen LogP contribution in [0.25, 0.3) is 0 Å². The van der Waals surface area contributed by atoms with Crippen molar-refractivity contribution in [2.24, 2.45) is 0 Å². The smallest absolute Gasteiger partial charge is 0.0444 e. The van der Waals surface area contributed by atoms with Gasteiger partial charge in [0.1, 0.15) is 0 Å². The highest BCUT2D eigenvalue weighted by molar-refractivity contribution is 5.46. The summed E-state index contributed by atoms with van der Waals surface area (Å²) in [7, 11) is 0. The van der Waals surface area contributed by atoms with Crippen LogP contribution in [-0.4, -0.2) is 11.5 Å². The Bertz CT molecular complexity index is 425. The van der Waals surface area contributed by atoms with E-state index in [-0.39, 0.29) is 0 Å². The average molecular weight is 226 g/mol. The van der Waals surface area contributed by atoms with Crippen LogP contribution in [0, 0.1) is 0 Å². The van der Waals surface area contributed by atoms with Crippen molar-refractivity contribution >= 4 is 5.69 Å². The summed E-state index contributed by atoms with van der Waals surface area (Å²) in [5.74, 6) is 0. The lowest BCUT2D eigenvalue weighted by atomic mass is 10.2. The van der Waals surface area contributed by atoms with Crippen LogP contribution in [0.4, 0.5) is 5.69 Å². The summed E-state index contributed by atoms with van der Waals surface area (Å²) in [5.41, 5.74) is 2.53. The van der Waals surface area contributed by atoms with Crippen molar-refractivity contribution in [3.8, 4) is 0 Å². The molecule has 0 N–H and O–H groups in total. The lowest BCUT2D eigenvalue weighted by Gasteiger charge is -2.24. The van der Waals surface area contributed by atoms with Crippen LogP contribution in [0.1, 0.15) is 18.9 Å². The Hall–Kier alpha value is -1.83. The standard InChI is InChI=1S/C15H18N2/c1-2-11-17(15-8-4-3-5-9-15)13-14-7-6-10-16-12-14/h3-10,12H,2,11,13H2,1H3. The first-order chi connectivity index (χ1) is 8.40. The van der Waals surface area contributed by atoms with Gasteiger partial charge in [0.25, 0.3) is 0 Å². The first-order valence-corrected chi connectivity index (χ1v) is 6.09. The van der Waals surface area contributed by atoms with Crippen molar-refractivity contribution < 1.29 is 0 Å². The molecule has 1 aromatic heterocycles. The van der Waals surface area contributed by atoms with Crippen molar-refractivity contribution in [2.75, 3.05) is 11.4 Å². The molecule has 0 aliphatic carbocycles. The zero-order chi connectivity index (χ0) is 11.9. The van der Waals surface area contributed by atoms with Gasteiger partial charge in [0.05, 0.1) is 0 Å². The van der Waals surface area contributed by atoms with E-state index in [0.29, 0.717) is 0 Å². The van der Waals surface area contributed by atoms with Gasteiger partial charge in [0.15, 0.2) is 0 Å². The van der Waals surface area contributed by atoms with E-state index in [1.807, 2.05) is 18.5 Å². The van der Waals surface area contributed by atoms with E-state index in [1.165, 1.54) is 11.3 Å². The first-order valence-electron chi connectivity index (χ1n) is 6.09. The third-order valence-corrected chi connectivity index (χ3v) is 2.71. The van der Waals surface area contributed by atoms with Crippen LogP contribution in [-0.2, 0) is 6.54 Å². The lowest BCUT2D eigenvalue weighted by Crippen LogP contribution is -2.23. The fourth-order valence-corrected chi connectivity index (χ4v) is 1.92. The van der Waals surface area contributed by atoms with Gasteiger partial charge in [-0.15, -0.1) is 0 Å². The van der Waals surface area contributed by atoms with Crippen molar-refractivity contribution in [1.29, 1.82) is 0 Å². The quantitative estimate of drug-likeness (QED) is 0.775. The average Bonchev–Trinajstić information content (AvgIpc) is 2.40. The van der Waals surface area contributed by atoms with Gasteiger partial charge in [0, 0.05) is 31.2 Å². The third-order valence-electron chi connectivity index (χ3n) is 2.71. The molecule has 2 rings (SSSR count). The zero-order valence-corrected chi connectivity index (χ0v) is 10.2. The predicted molar refractivity (Wildman–Crippen MR) is 72.0 cm³/mol. The number of pyridine rings is 1. The molecule has 0 bridgehead atoms. The Kier molecular flexibility index (Phi) is 4.14. The largest absolute Gasteiger partial charge is 0.367 e. The Morgan fingerprint density at radius 2 is 1.88 bits per heavy atom. The fourth-order valence-electron chi connectivity index (χ4n) is 1.92. The molecule has 0 saturated heterocycles. The van der Waals surface area contributed by atoms with Gasteiger partial charge in [0.2, 0.25) is 0 Å². The summed E-state index contributed by atoms with van der Waals surface area (Å²) >= 11 is 0. The maximum atomic E-state index is 4.16.